The fraction of sp³-hybridized carbons (Fsp3) is 0.850. The van der Waals surface area contributed by atoms with Crippen molar-refractivity contribution >= 4 is 5.97 Å². The highest BCUT2D eigenvalue weighted by Crippen LogP contribution is 2.28. The zero-order chi connectivity index (χ0) is 18.0. The third-order valence-corrected chi connectivity index (χ3v) is 4.68. The molecule has 0 spiro atoms. The number of carboxylic acid groups (broad SMARTS) is 1. The number of hydrogen-bond donors (Lipinski definition) is 2. The van der Waals surface area contributed by atoms with Crippen LogP contribution in [0.4, 0.5) is 0 Å². The zero-order valence-corrected chi connectivity index (χ0v) is 15.5. The maximum Gasteiger partial charge on any atom is 0.309 e. The minimum absolute atomic E-state index is 0.0109. The van der Waals surface area contributed by atoms with E-state index in [1.165, 1.54) is 0 Å². The van der Waals surface area contributed by atoms with Crippen molar-refractivity contribution in [2.45, 2.75) is 103 Å². The van der Waals surface area contributed by atoms with Gasteiger partial charge in [-0.05, 0) is 39.5 Å². The van der Waals surface area contributed by atoms with Gasteiger partial charge in [-0.1, -0.05) is 57.3 Å². The van der Waals surface area contributed by atoms with E-state index in [2.05, 4.69) is 18.8 Å². The number of epoxide rings is 1. The van der Waals surface area contributed by atoms with Crippen molar-refractivity contribution in [3.8, 4) is 11.8 Å². The van der Waals surface area contributed by atoms with Gasteiger partial charge < -0.3 is 14.9 Å². The van der Waals surface area contributed by atoms with Gasteiger partial charge in [0, 0.05) is 0 Å². The van der Waals surface area contributed by atoms with Crippen LogP contribution < -0.4 is 0 Å². The van der Waals surface area contributed by atoms with Crippen molar-refractivity contribution in [1.82, 2.24) is 0 Å². The van der Waals surface area contributed by atoms with E-state index >= 15 is 0 Å². The Kier molecular flexibility index (Phi) is 9.39. The number of aliphatic hydroxyl groups is 1. The van der Waals surface area contributed by atoms with Crippen LogP contribution in [0.2, 0.25) is 0 Å². The molecule has 1 aliphatic rings. The molecule has 3 atom stereocenters. The molecule has 2 N–H and O–H groups in total. The van der Waals surface area contributed by atoms with E-state index in [-0.39, 0.29) is 12.2 Å². The Morgan fingerprint density at radius 3 is 2.54 bits per heavy atom. The highest BCUT2D eigenvalue weighted by atomic mass is 16.6. The second-order valence-electron chi connectivity index (χ2n) is 7.54. The molecular formula is C20H34O4. The minimum Gasteiger partial charge on any atom is -0.481 e. The summed E-state index contributed by atoms with van der Waals surface area (Å²) in [6, 6.07) is 0. The first kappa shape index (κ1) is 21.0. The lowest BCUT2D eigenvalue weighted by atomic mass is 9.87. The van der Waals surface area contributed by atoms with E-state index in [9.17, 15) is 9.90 Å². The number of aliphatic hydroxyl groups excluding tert-OH is 1. The number of hydrogen-bond acceptors (Lipinski definition) is 3. The van der Waals surface area contributed by atoms with Crippen molar-refractivity contribution in [2.75, 3.05) is 0 Å². The van der Waals surface area contributed by atoms with Crippen LogP contribution in [0, 0.1) is 17.3 Å². The standard InChI is InChI=1S/C20H34O4/c1-4-5-8-11-16(21)13-14-18-17(24-18)12-9-6-7-10-15-20(2,3)19(22)23/h16-18,21H,4-12,15H2,1-3H3,(H,22,23). The molecule has 0 radical (unpaired) electrons. The number of rotatable bonds is 12. The Morgan fingerprint density at radius 1 is 1.17 bits per heavy atom. The molecule has 0 aromatic rings. The van der Waals surface area contributed by atoms with E-state index in [1.54, 1.807) is 13.8 Å². The normalized spacial score (nSPS) is 21.0. The third-order valence-electron chi connectivity index (χ3n) is 4.68. The number of carbonyl (C=O) groups is 1. The van der Waals surface area contributed by atoms with E-state index in [0.29, 0.717) is 0 Å². The van der Waals surface area contributed by atoms with Crippen LogP contribution in [0.15, 0.2) is 0 Å². The molecule has 4 nitrogen and oxygen atoms in total. The van der Waals surface area contributed by atoms with Crippen molar-refractivity contribution in [3.05, 3.63) is 0 Å². The Balaban J connectivity index is 2.02. The second kappa shape index (κ2) is 10.7. The monoisotopic (exact) mass is 338 g/mol. The molecule has 0 bridgehead atoms. The summed E-state index contributed by atoms with van der Waals surface area (Å²) in [5, 5.41) is 18.8. The number of carboxylic acids is 1. The topological polar surface area (TPSA) is 70.1 Å². The van der Waals surface area contributed by atoms with Crippen LogP contribution in [0.1, 0.15) is 85.0 Å². The van der Waals surface area contributed by atoms with Crippen molar-refractivity contribution in [1.29, 1.82) is 0 Å². The Labute approximate surface area is 147 Å². The van der Waals surface area contributed by atoms with Gasteiger partial charge in [-0.3, -0.25) is 4.79 Å². The summed E-state index contributed by atoms with van der Waals surface area (Å²) < 4.78 is 5.52. The van der Waals surface area contributed by atoms with Crippen LogP contribution in [0.25, 0.3) is 0 Å². The van der Waals surface area contributed by atoms with Crippen LogP contribution in [0.3, 0.4) is 0 Å². The highest BCUT2D eigenvalue weighted by molar-refractivity contribution is 5.73. The summed E-state index contributed by atoms with van der Waals surface area (Å²) in [4.78, 5) is 11.0. The molecule has 4 heteroatoms. The summed E-state index contributed by atoms with van der Waals surface area (Å²) in [6.45, 7) is 5.72. The maximum absolute atomic E-state index is 11.0. The van der Waals surface area contributed by atoms with Gasteiger partial charge in [-0.25, -0.2) is 0 Å². The van der Waals surface area contributed by atoms with Gasteiger partial charge >= 0.3 is 5.97 Å². The van der Waals surface area contributed by atoms with Crippen molar-refractivity contribution in [2.24, 2.45) is 5.41 Å². The zero-order valence-electron chi connectivity index (χ0n) is 15.5. The summed E-state index contributed by atoms with van der Waals surface area (Å²) in [7, 11) is 0. The quantitative estimate of drug-likeness (QED) is 0.319. The van der Waals surface area contributed by atoms with Gasteiger partial charge in [0.1, 0.15) is 12.2 Å². The first-order valence-electron chi connectivity index (χ1n) is 9.45. The number of unbranched alkanes of at least 4 members (excludes halogenated alkanes) is 5. The van der Waals surface area contributed by atoms with E-state index in [0.717, 1.165) is 64.2 Å². The Morgan fingerprint density at radius 2 is 1.88 bits per heavy atom. The predicted octanol–water partition coefficient (Wildman–Crippen LogP) is 4.15. The first-order chi connectivity index (χ1) is 11.4. The molecule has 0 aliphatic carbocycles. The summed E-state index contributed by atoms with van der Waals surface area (Å²) in [5.74, 6) is 5.21. The molecule has 0 aromatic heterocycles. The van der Waals surface area contributed by atoms with E-state index in [4.69, 9.17) is 9.84 Å². The van der Waals surface area contributed by atoms with Gasteiger partial charge in [0.2, 0.25) is 0 Å². The largest absolute Gasteiger partial charge is 0.481 e. The molecule has 24 heavy (non-hydrogen) atoms. The second-order valence-corrected chi connectivity index (χ2v) is 7.54. The molecule has 1 rings (SSSR count). The first-order valence-corrected chi connectivity index (χ1v) is 9.45. The molecule has 0 amide bonds. The van der Waals surface area contributed by atoms with Crippen LogP contribution in [-0.2, 0) is 9.53 Å². The summed E-state index contributed by atoms with van der Waals surface area (Å²) in [5.41, 5.74) is -0.613. The molecule has 0 saturated carbocycles. The van der Waals surface area contributed by atoms with Crippen LogP contribution >= 0.6 is 0 Å². The Bertz CT molecular complexity index is 433. The maximum atomic E-state index is 11.0. The molecule has 3 unspecified atom stereocenters. The lowest BCUT2D eigenvalue weighted by Gasteiger charge is -2.18. The van der Waals surface area contributed by atoms with E-state index < -0.39 is 17.5 Å². The Hall–Kier alpha value is -1.05. The molecule has 1 heterocycles. The van der Waals surface area contributed by atoms with E-state index in [1.807, 2.05) is 0 Å². The molecule has 1 fully saturated rings. The summed E-state index contributed by atoms with van der Waals surface area (Å²) >= 11 is 0. The van der Waals surface area contributed by atoms with Crippen LogP contribution in [-0.4, -0.2) is 34.5 Å². The fourth-order valence-electron chi connectivity index (χ4n) is 2.70. The molecular weight excluding hydrogens is 304 g/mol. The lowest BCUT2D eigenvalue weighted by Crippen LogP contribution is -2.23. The van der Waals surface area contributed by atoms with Gasteiger partial charge in [-0.15, -0.1) is 0 Å². The number of ether oxygens (including phenoxy) is 1. The SMILES string of the molecule is CCCCCC(O)C#CC1OC1CCCCCCC(C)(C)C(=O)O. The summed E-state index contributed by atoms with van der Waals surface area (Å²) in [6.07, 6.45) is 9.77. The van der Waals surface area contributed by atoms with Crippen molar-refractivity contribution < 1.29 is 19.7 Å². The molecule has 138 valence electrons. The average Bonchev–Trinajstić information content (AvgIpc) is 3.27. The molecule has 0 aromatic carbocycles. The smallest absolute Gasteiger partial charge is 0.309 e. The minimum atomic E-state index is -0.716. The van der Waals surface area contributed by atoms with Gasteiger partial charge in [0.15, 0.2) is 0 Å². The average molecular weight is 338 g/mol. The predicted molar refractivity (Wildman–Crippen MR) is 95.7 cm³/mol. The van der Waals surface area contributed by atoms with Gasteiger partial charge in [-0.2, -0.15) is 0 Å². The van der Waals surface area contributed by atoms with Gasteiger partial charge in [0.05, 0.1) is 11.5 Å². The highest BCUT2D eigenvalue weighted by Gasteiger charge is 2.36. The van der Waals surface area contributed by atoms with Crippen LogP contribution in [0.5, 0.6) is 0 Å². The fourth-order valence-corrected chi connectivity index (χ4v) is 2.70. The molecule has 1 aliphatic heterocycles. The van der Waals surface area contributed by atoms with Gasteiger partial charge in [0.25, 0.3) is 0 Å². The van der Waals surface area contributed by atoms with Crippen molar-refractivity contribution in [3.63, 3.8) is 0 Å². The number of aliphatic carboxylic acids is 1. The lowest BCUT2D eigenvalue weighted by molar-refractivity contribution is -0.147. The molecule has 1 saturated heterocycles. The third kappa shape index (κ3) is 8.70.